The molecule has 27 heavy (non-hydrogen) atoms. The second kappa shape index (κ2) is 6.92. The van der Waals surface area contributed by atoms with Crippen LogP contribution in [0, 0.1) is 10.1 Å². The molecule has 3 aromatic rings. The van der Waals surface area contributed by atoms with Gasteiger partial charge in [-0.1, -0.05) is 48.5 Å². The van der Waals surface area contributed by atoms with Gasteiger partial charge in [-0.2, -0.15) is 0 Å². The molecule has 1 aliphatic heterocycles. The van der Waals surface area contributed by atoms with Crippen LogP contribution >= 0.6 is 0 Å². The third kappa shape index (κ3) is 3.25. The van der Waals surface area contributed by atoms with Crippen LogP contribution in [-0.4, -0.2) is 16.9 Å². The molecule has 0 aliphatic carbocycles. The van der Waals surface area contributed by atoms with Crippen LogP contribution in [0.3, 0.4) is 0 Å². The normalized spacial score (nSPS) is 17.6. The molecule has 2 unspecified atom stereocenters. The first-order chi connectivity index (χ1) is 13.1. The fourth-order valence-electron chi connectivity index (χ4n) is 3.47. The van der Waals surface area contributed by atoms with Crippen molar-refractivity contribution >= 4 is 23.0 Å². The van der Waals surface area contributed by atoms with Crippen molar-refractivity contribution in [3.63, 3.8) is 0 Å². The number of carbonyl (C=O) groups is 1. The molecule has 3 aromatic carbocycles. The molecule has 1 aliphatic rings. The maximum atomic E-state index is 13.0. The van der Waals surface area contributed by atoms with Gasteiger partial charge in [-0.25, -0.2) is 0 Å². The molecule has 0 spiro atoms. The fourth-order valence-corrected chi connectivity index (χ4v) is 3.47. The van der Waals surface area contributed by atoms with Crippen molar-refractivity contribution in [3.05, 3.63) is 100 Å². The molecule has 0 saturated carbocycles. The SMILES string of the molecule is O=C(Nc1ccccc1)C1Nc2ccc([N+](=O)[O-])cc2C1c1ccccc1. The number of hydrogen-bond donors (Lipinski definition) is 2. The quantitative estimate of drug-likeness (QED) is 0.541. The number of nitro groups is 1. The van der Waals surface area contributed by atoms with E-state index in [1.165, 1.54) is 6.07 Å². The highest BCUT2D eigenvalue weighted by Crippen LogP contribution is 2.42. The Morgan fingerprint density at radius 1 is 0.963 bits per heavy atom. The van der Waals surface area contributed by atoms with Crippen LogP contribution in [0.4, 0.5) is 17.1 Å². The van der Waals surface area contributed by atoms with E-state index in [4.69, 9.17) is 0 Å². The number of amides is 1. The first-order valence-electron chi connectivity index (χ1n) is 8.59. The summed E-state index contributed by atoms with van der Waals surface area (Å²) in [6, 6.07) is 22.9. The molecule has 0 bridgehead atoms. The van der Waals surface area contributed by atoms with Gasteiger partial charge in [0.25, 0.3) is 5.69 Å². The first-order valence-corrected chi connectivity index (χ1v) is 8.59. The van der Waals surface area contributed by atoms with E-state index in [2.05, 4.69) is 10.6 Å². The number of nitrogens with zero attached hydrogens (tertiary/aromatic N) is 1. The van der Waals surface area contributed by atoms with Crippen LogP contribution in [0.25, 0.3) is 0 Å². The summed E-state index contributed by atoms with van der Waals surface area (Å²) in [6.45, 7) is 0. The number of nitro benzene ring substituents is 1. The van der Waals surface area contributed by atoms with Gasteiger partial charge in [0.15, 0.2) is 0 Å². The number of benzene rings is 3. The van der Waals surface area contributed by atoms with Gasteiger partial charge in [0, 0.05) is 29.4 Å². The van der Waals surface area contributed by atoms with Crippen molar-refractivity contribution in [1.82, 2.24) is 0 Å². The predicted molar refractivity (Wildman–Crippen MR) is 104 cm³/mol. The van der Waals surface area contributed by atoms with Crippen LogP contribution in [0.15, 0.2) is 78.9 Å². The van der Waals surface area contributed by atoms with Gasteiger partial charge in [0.05, 0.1) is 4.92 Å². The molecule has 0 fully saturated rings. The monoisotopic (exact) mass is 359 g/mol. The zero-order chi connectivity index (χ0) is 18.8. The number of non-ortho nitro benzene ring substituents is 1. The Bertz CT molecular complexity index is 990. The maximum absolute atomic E-state index is 13.0. The number of nitrogens with one attached hydrogen (secondary N) is 2. The summed E-state index contributed by atoms with van der Waals surface area (Å²) >= 11 is 0. The van der Waals surface area contributed by atoms with Crippen LogP contribution in [-0.2, 0) is 4.79 Å². The molecule has 1 amide bonds. The zero-order valence-electron chi connectivity index (χ0n) is 14.3. The summed E-state index contributed by atoms with van der Waals surface area (Å²) in [5, 5.41) is 17.4. The van der Waals surface area contributed by atoms with Gasteiger partial charge in [0.2, 0.25) is 5.91 Å². The summed E-state index contributed by atoms with van der Waals surface area (Å²) in [7, 11) is 0. The van der Waals surface area contributed by atoms with Crippen molar-refractivity contribution in [2.24, 2.45) is 0 Å². The van der Waals surface area contributed by atoms with E-state index >= 15 is 0 Å². The molecular formula is C21H17N3O3. The minimum Gasteiger partial charge on any atom is -0.373 e. The molecule has 0 aromatic heterocycles. The highest BCUT2D eigenvalue weighted by molar-refractivity contribution is 5.99. The molecule has 0 saturated heterocycles. The van der Waals surface area contributed by atoms with E-state index < -0.39 is 11.0 Å². The summed E-state index contributed by atoms with van der Waals surface area (Å²) in [6.07, 6.45) is 0. The van der Waals surface area contributed by atoms with Crippen molar-refractivity contribution in [2.45, 2.75) is 12.0 Å². The van der Waals surface area contributed by atoms with Gasteiger partial charge in [-0.3, -0.25) is 14.9 Å². The second-order valence-electron chi connectivity index (χ2n) is 6.39. The lowest BCUT2D eigenvalue weighted by Gasteiger charge is -2.20. The van der Waals surface area contributed by atoms with Crippen LogP contribution in [0.1, 0.15) is 17.0 Å². The van der Waals surface area contributed by atoms with Crippen LogP contribution in [0.5, 0.6) is 0 Å². The smallest absolute Gasteiger partial charge is 0.269 e. The van der Waals surface area contributed by atoms with Crippen molar-refractivity contribution < 1.29 is 9.72 Å². The number of fused-ring (bicyclic) bond motifs is 1. The second-order valence-corrected chi connectivity index (χ2v) is 6.39. The number of rotatable bonds is 4. The van der Waals surface area contributed by atoms with E-state index in [1.54, 1.807) is 12.1 Å². The van der Waals surface area contributed by atoms with Crippen LogP contribution in [0.2, 0.25) is 0 Å². The van der Waals surface area contributed by atoms with Gasteiger partial charge in [-0.05, 0) is 29.3 Å². The first kappa shape index (κ1) is 16.8. The average molecular weight is 359 g/mol. The molecule has 1 heterocycles. The highest BCUT2D eigenvalue weighted by atomic mass is 16.6. The Labute approximate surface area is 156 Å². The van der Waals surface area contributed by atoms with Gasteiger partial charge in [0.1, 0.15) is 6.04 Å². The maximum Gasteiger partial charge on any atom is 0.269 e. The molecule has 2 atom stereocenters. The zero-order valence-corrected chi connectivity index (χ0v) is 14.3. The van der Waals surface area contributed by atoms with Crippen molar-refractivity contribution in [2.75, 3.05) is 10.6 Å². The van der Waals surface area contributed by atoms with Crippen molar-refractivity contribution in [1.29, 1.82) is 0 Å². The minimum atomic E-state index is -0.565. The van der Waals surface area contributed by atoms with E-state index in [0.29, 0.717) is 5.69 Å². The Hall–Kier alpha value is -3.67. The molecule has 4 rings (SSSR count). The van der Waals surface area contributed by atoms with Crippen LogP contribution < -0.4 is 10.6 Å². The fraction of sp³-hybridized carbons (Fsp3) is 0.0952. The molecule has 6 nitrogen and oxygen atoms in total. The third-order valence-corrected chi connectivity index (χ3v) is 4.71. The lowest BCUT2D eigenvalue weighted by Crippen LogP contribution is -2.36. The van der Waals surface area contributed by atoms with E-state index in [0.717, 1.165) is 16.8 Å². The van der Waals surface area contributed by atoms with Crippen molar-refractivity contribution in [3.8, 4) is 0 Å². The molecule has 0 radical (unpaired) electrons. The largest absolute Gasteiger partial charge is 0.373 e. The topological polar surface area (TPSA) is 84.3 Å². The van der Waals surface area contributed by atoms with Gasteiger partial charge >= 0.3 is 0 Å². The molecule has 6 heteroatoms. The van der Waals surface area contributed by atoms with Gasteiger partial charge < -0.3 is 10.6 Å². The Kier molecular flexibility index (Phi) is 4.30. The summed E-state index contributed by atoms with van der Waals surface area (Å²) < 4.78 is 0. The summed E-state index contributed by atoms with van der Waals surface area (Å²) in [5.41, 5.74) is 3.14. The standard InChI is InChI=1S/C21H17N3O3/c25-21(22-15-9-5-2-6-10-15)20-19(14-7-3-1-4-8-14)17-13-16(24(26)27)11-12-18(17)23-20/h1-13,19-20,23H,(H,22,25). The Morgan fingerprint density at radius 2 is 1.63 bits per heavy atom. The average Bonchev–Trinajstić information content (AvgIpc) is 3.08. The summed E-state index contributed by atoms with van der Waals surface area (Å²) in [5.74, 6) is -0.501. The lowest BCUT2D eigenvalue weighted by molar-refractivity contribution is -0.384. The predicted octanol–water partition coefficient (Wildman–Crippen LogP) is 4.16. The number of para-hydroxylation sites is 1. The lowest BCUT2D eigenvalue weighted by atomic mass is 9.87. The number of hydrogen-bond acceptors (Lipinski definition) is 4. The Morgan fingerprint density at radius 3 is 2.30 bits per heavy atom. The molecule has 2 N–H and O–H groups in total. The highest BCUT2D eigenvalue weighted by Gasteiger charge is 2.39. The van der Waals surface area contributed by atoms with E-state index in [1.807, 2.05) is 60.7 Å². The third-order valence-electron chi connectivity index (χ3n) is 4.71. The molecule has 134 valence electrons. The summed E-state index contributed by atoms with van der Waals surface area (Å²) in [4.78, 5) is 23.8. The number of anilines is 2. The molecular weight excluding hydrogens is 342 g/mol. The van der Waals surface area contributed by atoms with E-state index in [-0.39, 0.29) is 17.5 Å². The minimum absolute atomic E-state index is 0.0144. The number of carbonyl (C=O) groups excluding carboxylic acids is 1. The van der Waals surface area contributed by atoms with Gasteiger partial charge in [-0.15, -0.1) is 0 Å². The van der Waals surface area contributed by atoms with E-state index in [9.17, 15) is 14.9 Å². The Balaban J connectivity index is 1.73.